The van der Waals surface area contributed by atoms with Gasteiger partial charge < -0.3 is 10.4 Å². The molecule has 2 aromatic rings. The number of hydrogen-bond acceptors (Lipinski definition) is 5. The second-order valence-electron chi connectivity index (χ2n) is 5.86. The molecule has 5 heteroatoms. The zero-order valence-corrected chi connectivity index (χ0v) is 11.7. The van der Waals surface area contributed by atoms with Gasteiger partial charge in [-0.25, -0.2) is 9.97 Å². The molecule has 1 saturated carbocycles. The van der Waals surface area contributed by atoms with Crippen molar-refractivity contribution in [3.63, 3.8) is 0 Å². The van der Waals surface area contributed by atoms with Crippen molar-refractivity contribution < 1.29 is 5.11 Å². The number of pyridine rings is 1. The third kappa shape index (κ3) is 2.58. The molecule has 3 rings (SSSR count). The van der Waals surface area contributed by atoms with Crippen LogP contribution in [-0.4, -0.2) is 32.7 Å². The van der Waals surface area contributed by atoms with E-state index in [-0.39, 0.29) is 11.5 Å². The van der Waals surface area contributed by atoms with Crippen LogP contribution >= 0.6 is 0 Å². The third-order valence-corrected chi connectivity index (χ3v) is 4.28. The van der Waals surface area contributed by atoms with Gasteiger partial charge in [-0.1, -0.05) is 19.8 Å². The summed E-state index contributed by atoms with van der Waals surface area (Å²) in [5.41, 5.74) is 1.37. The molecule has 0 saturated heterocycles. The predicted octanol–water partition coefficient (Wildman–Crippen LogP) is 2.38. The molecular formula is C15H20N4O. The van der Waals surface area contributed by atoms with Gasteiger partial charge >= 0.3 is 0 Å². The predicted molar refractivity (Wildman–Crippen MR) is 78.4 cm³/mol. The maximum absolute atomic E-state index is 10.2. The molecule has 0 bridgehead atoms. The lowest BCUT2D eigenvalue weighted by molar-refractivity contribution is 0.00959. The molecule has 2 atom stereocenters. The highest BCUT2D eigenvalue weighted by Gasteiger charge is 2.35. The van der Waals surface area contributed by atoms with Crippen LogP contribution in [0.15, 0.2) is 24.5 Å². The van der Waals surface area contributed by atoms with Crippen LogP contribution in [0.1, 0.15) is 32.6 Å². The highest BCUT2D eigenvalue weighted by atomic mass is 16.3. The molecule has 0 amide bonds. The lowest BCUT2D eigenvalue weighted by Gasteiger charge is -2.38. The Bertz CT molecular complexity index is 603. The molecule has 1 aliphatic carbocycles. The van der Waals surface area contributed by atoms with Gasteiger partial charge in [-0.3, -0.25) is 4.98 Å². The Hall–Kier alpha value is -1.75. The van der Waals surface area contributed by atoms with Crippen molar-refractivity contribution in [1.82, 2.24) is 15.0 Å². The topological polar surface area (TPSA) is 70.9 Å². The number of anilines is 1. The van der Waals surface area contributed by atoms with Crippen LogP contribution in [0.5, 0.6) is 0 Å². The van der Waals surface area contributed by atoms with E-state index in [2.05, 4.69) is 27.2 Å². The SMILES string of the molecule is CC1(CNc2ccc3nccnc3n2)CCCCC1O. The highest BCUT2D eigenvalue weighted by Crippen LogP contribution is 2.36. The molecular weight excluding hydrogens is 252 g/mol. The smallest absolute Gasteiger partial charge is 0.180 e. The average molecular weight is 272 g/mol. The van der Waals surface area contributed by atoms with Gasteiger partial charge in [0.1, 0.15) is 11.3 Å². The Morgan fingerprint density at radius 1 is 1.30 bits per heavy atom. The first kappa shape index (κ1) is 13.2. The van der Waals surface area contributed by atoms with Gasteiger partial charge in [-0.05, 0) is 25.0 Å². The normalized spacial score (nSPS) is 26.6. The molecule has 1 aliphatic rings. The van der Waals surface area contributed by atoms with Crippen molar-refractivity contribution in [2.45, 2.75) is 38.7 Å². The minimum absolute atomic E-state index is 0.0722. The quantitative estimate of drug-likeness (QED) is 0.897. The number of nitrogens with zero attached hydrogens (tertiary/aromatic N) is 3. The molecule has 20 heavy (non-hydrogen) atoms. The maximum atomic E-state index is 10.2. The number of nitrogens with one attached hydrogen (secondary N) is 1. The summed E-state index contributed by atoms with van der Waals surface area (Å²) >= 11 is 0. The standard InChI is InChI=1S/C15H20N4O/c1-15(7-3-2-4-12(15)20)10-18-13-6-5-11-14(19-13)17-9-8-16-11/h5-6,8-9,12,20H,2-4,7,10H2,1H3,(H,17,18,19). The lowest BCUT2D eigenvalue weighted by atomic mass is 9.73. The summed E-state index contributed by atoms with van der Waals surface area (Å²) in [5, 5.41) is 13.5. The van der Waals surface area contributed by atoms with Crippen LogP contribution in [0.4, 0.5) is 5.82 Å². The van der Waals surface area contributed by atoms with Crippen LogP contribution < -0.4 is 5.32 Å². The molecule has 2 unspecified atom stereocenters. The van der Waals surface area contributed by atoms with Crippen molar-refractivity contribution in [3.8, 4) is 0 Å². The first-order valence-corrected chi connectivity index (χ1v) is 7.17. The van der Waals surface area contributed by atoms with Crippen molar-refractivity contribution in [3.05, 3.63) is 24.5 Å². The summed E-state index contributed by atoms with van der Waals surface area (Å²) in [4.78, 5) is 12.9. The van der Waals surface area contributed by atoms with Gasteiger partial charge in [0.05, 0.1) is 6.10 Å². The number of aliphatic hydroxyl groups excluding tert-OH is 1. The minimum Gasteiger partial charge on any atom is -0.392 e. The average Bonchev–Trinajstić information content (AvgIpc) is 2.48. The van der Waals surface area contributed by atoms with Crippen molar-refractivity contribution in [2.24, 2.45) is 5.41 Å². The monoisotopic (exact) mass is 272 g/mol. The van der Waals surface area contributed by atoms with Gasteiger partial charge in [0, 0.05) is 24.4 Å². The second-order valence-corrected chi connectivity index (χ2v) is 5.86. The van der Waals surface area contributed by atoms with E-state index in [4.69, 9.17) is 0 Å². The Morgan fingerprint density at radius 3 is 3.00 bits per heavy atom. The second kappa shape index (κ2) is 5.32. The lowest BCUT2D eigenvalue weighted by Crippen LogP contribution is -2.41. The molecule has 2 N–H and O–H groups in total. The Balaban J connectivity index is 1.73. The summed E-state index contributed by atoms with van der Waals surface area (Å²) in [6.07, 6.45) is 7.33. The fourth-order valence-electron chi connectivity index (χ4n) is 2.83. The van der Waals surface area contributed by atoms with Crippen molar-refractivity contribution >= 4 is 17.0 Å². The van der Waals surface area contributed by atoms with E-state index in [1.807, 2.05) is 12.1 Å². The van der Waals surface area contributed by atoms with Gasteiger partial charge in [-0.2, -0.15) is 0 Å². The number of aliphatic hydroxyl groups is 1. The maximum Gasteiger partial charge on any atom is 0.180 e. The molecule has 106 valence electrons. The molecule has 2 heterocycles. The molecule has 0 aliphatic heterocycles. The number of aromatic nitrogens is 3. The zero-order valence-electron chi connectivity index (χ0n) is 11.7. The van der Waals surface area contributed by atoms with Crippen LogP contribution in [0.3, 0.4) is 0 Å². The van der Waals surface area contributed by atoms with E-state index in [0.29, 0.717) is 5.65 Å². The van der Waals surface area contributed by atoms with E-state index in [9.17, 15) is 5.11 Å². The fourth-order valence-corrected chi connectivity index (χ4v) is 2.83. The van der Waals surface area contributed by atoms with Gasteiger partial charge in [-0.15, -0.1) is 0 Å². The van der Waals surface area contributed by atoms with E-state index in [1.54, 1.807) is 12.4 Å². The molecule has 0 radical (unpaired) electrons. The van der Waals surface area contributed by atoms with E-state index < -0.39 is 0 Å². The Labute approximate surface area is 118 Å². The van der Waals surface area contributed by atoms with Crippen LogP contribution in [0.2, 0.25) is 0 Å². The van der Waals surface area contributed by atoms with Crippen molar-refractivity contribution in [2.75, 3.05) is 11.9 Å². The van der Waals surface area contributed by atoms with E-state index >= 15 is 0 Å². The molecule has 1 fully saturated rings. The van der Waals surface area contributed by atoms with Gasteiger partial charge in [0.2, 0.25) is 0 Å². The number of fused-ring (bicyclic) bond motifs is 1. The summed E-state index contributed by atoms with van der Waals surface area (Å²) in [6, 6.07) is 3.83. The fraction of sp³-hybridized carbons (Fsp3) is 0.533. The first-order chi connectivity index (χ1) is 9.67. The summed E-state index contributed by atoms with van der Waals surface area (Å²) in [7, 11) is 0. The number of hydrogen-bond donors (Lipinski definition) is 2. The summed E-state index contributed by atoms with van der Waals surface area (Å²) < 4.78 is 0. The molecule has 0 aromatic carbocycles. The Kier molecular flexibility index (Phi) is 3.53. The largest absolute Gasteiger partial charge is 0.392 e. The van der Waals surface area contributed by atoms with Crippen LogP contribution in [0, 0.1) is 5.41 Å². The molecule has 0 spiro atoms. The minimum atomic E-state index is -0.232. The Morgan fingerprint density at radius 2 is 2.15 bits per heavy atom. The molecule has 5 nitrogen and oxygen atoms in total. The van der Waals surface area contributed by atoms with Crippen LogP contribution in [-0.2, 0) is 0 Å². The summed E-state index contributed by atoms with van der Waals surface area (Å²) in [5.74, 6) is 0.789. The van der Waals surface area contributed by atoms with Crippen molar-refractivity contribution in [1.29, 1.82) is 0 Å². The van der Waals surface area contributed by atoms with Gasteiger partial charge in [0.25, 0.3) is 0 Å². The molecule has 2 aromatic heterocycles. The van der Waals surface area contributed by atoms with E-state index in [1.165, 1.54) is 6.42 Å². The highest BCUT2D eigenvalue weighted by molar-refractivity contribution is 5.71. The number of rotatable bonds is 3. The summed E-state index contributed by atoms with van der Waals surface area (Å²) in [6.45, 7) is 2.87. The van der Waals surface area contributed by atoms with E-state index in [0.717, 1.165) is 37.1 Å². The third-order valence-electron chi connectivity index (χ3n) is 4.28. The van der Waals surface area contributed by atoms with Gasteiger partial charge in [0.15, 0.2) is 5.65 Å². The zero-order chi connectivity index (χ0) is 14.0. The van der Waals surface area contributed by atoms with Crippen LogP contribution in [0.25, 0.3) is 11.2 Å². The first-order valence-electron chi connectivity index (χ1n) is 7.17.